The number of amides is 3. The predicted octanol–water partition coefficient (Wildman–Crippen LogP) is 2.51. The first-order valence-corrected chi connectivity index (χ1v) is 9.93. The summed E-state index contributed by atoms with van der Waals surface area (Å²) >= 11 is 1.37. The Hall–Kier alpha value is -2.55. The SMILES string of the molecule is Cc1nc(NC(=O)N2CCC[C@H]2C(N)=O)sc1-c1ccnc(C2CC2C)n1. The molecule has 1 saturated carbocycles. The van der Waals surface area contributed by atoms with Gasteiger partial charge in [0.05, 0.1) is 16.3 Å². The number of hydrogen-bond acceptors (Lipinski definition) is 6. The van der Waals surface area contributed by atoms with E-state index in [9.17, 15) is 9.59 Å². The van der Waals surface area contributed by atoms with E-state index in [-0.39, 0.29) is 6.03 Å². The molecule has 4 rings (SSSR count). The molecule has 142 valence electrons. The predicted molar refractivity (Wildman–Crippen MR) is 102 cm³/mol. The Morgan fingerprint density at radius 3 is 2.85 bits per heavy atom. The maximum absolute atomic E-state index is 12.5. The van der Waals surface area contributed by atoms with E-state index in [1.165, 1.54) is 16.2 Å². The zero-order valence-corrected chi connectivity index (χ0v) is 16.1. The van der Waals surface area contributed by atoms with Gasteiger partial charge in [-0.1, -0.05) is 18.3 Å². The molecule has 2 unspecified atom stereocenters. The van der Waals surface area contributed by atoms with Crippen LogP contribution in [0, 0.1) is 12.8 Å². The Balaban J connectivity index is 1.52. The van der Waals surface area contributed by atoms with E-state index in [4.69, 9.17) is 10.7 Å². The molecule has 2 aromatic heterocycles. The quantitative estimate of drug-likeness (QED) is 0.838. The van der Waals surface area contributed by atoms with Gasteiger partial charge in [-0.05, 0) is 38.2 Å². The number of primary amides is 1. The molecule has 27 heavy (non-hydrogen) atoms. The van der Waals surface area contributed by atoms with Crippen molar-refractivity contribution in [3.63, 3.8) is 0 Å². The molecule has 3 amide bonds. The standard InChI is InChI=1S/C18H22N6O2S/c1-9-8-11(9)16-20-6-5-12(22-16)14-10(2)21-17(27-14)23-18(26)24-7-3-4-13(24)15(19)25/h5-6,9,11,13H,3-4,7-8H2,1-2H3,(H2,19,25)(H,21,23,26)/t9?,11?,13-/m0/s1. The van der Waals surface area contributed by atoms with Gasteiger partial charge in [0.1, 0.15) is 11.9 Å². The second kappa shape index (κ2) is 6.88. The molecule has 1 aliphatic heterocycles. The van der Waals surface area contributed by atoms with Crippen molar-refractivity contribution in [2.24, 2.45) is 11.7 Å². The van der Waals surface area contributed by atoms with Crippen molar-refractivity contribution in [1.29, 1.82) is 0 Å². The number of likely N-dealkylation sites (tertiary alicyclic amines) is 1. The van der Waals surface area contributed by atoms with E-state index < -0.39 is 11.9 Å². The van der Waals surface area contributed by atoms with Crippen molar-refractivity contribution in [3.05, 3.63) is 23.8 Å². The first-order chi connectivity index (χ1) is 12.9. The minimum Gasteiger partial charge on any atom is -0.368 e. The lowest BCUT2D eigenvalue weighted by atomic mass is 10.2. The number of nitrogens with zero attached hydrogens (tertiary/aromatic N) is 4. The normalized spacial score (nSPS) is 24.1. The number of carbonyl (C=O) groups is 2. The van der Waals surface area contributed by atoms with E-state index in [0.29, 0.717) is 29.9 Å². The number of thiazole rings is 1. The highest BCUT2D eigenvalue weighted by atomic mass is 32.1. The Labute approximate surface area is 161 Å². The molecule has 2 fully saturated rings. The van der Waals surface area contributed by atoms with Crippen LogP contribution in [0.5, 0.6) is 0 Å². The van der Waals surface area contributed by atoms with Crippen molar-refractivity contribution in [1.82, 2.24) is 19.9 Å². The van der Waals surface area contributed by atoms with Crippen molar-refractivity contribution in [3.8, 4) is 10.6 Å². The smallest absolute Gasteiger partial charge is 0.324 e. The highest BCUT2D eigenvalue weighted by Crippen LogP contribution is 2.45. The number of urea groups is 1. The van der Waals surface area contributed by atoms with Crippen molar-refractivity contribution >= 4 is 28.4 Å². The summed E-state index contributed by atoms with van der Waals surface area (Å²) < 4.78 is 0. The summed E-state index contributed by atoms with van der Waals surface area (Å²) in [5.41, 5.74) is 7.02. The van der Waals surface area contributed by atoms with Crippen LogP contribution in [0.2, 0.25) is 0 Å². The van der Waals surface area contributed by atoms with E-state index in [1.807, 2.05) is 13.0 Å². The van der Waals surface area contributed by atoms with Crippen LogP contribution in [0.3, 0.4) is 0 Å². The van der Waals surface area contributed by atoms with Gasteiger partial charge in [-0.3, -0.25) is 10.1 Å². The number of rotatable bonds is 4. The molecule has 9 heteroatoms. The van der Waals surface area contributed by atoms with Gasteiger partial charge >= 0.3 is 6.03 Å². The minimum absolute atomic E-state index is 0.341. The Bertz CT molecular complexity index is 898. The molecule has 1 saturated heterocycles. The number of aromatic nitrogens is 3. The zero-order valence-electron chi connectivity index (χ0n) is 15.3. The molecule has 2 aliphatic rings. The molecule has 3 heterocycles. The molecular formula is C18H22N6O2S. The molecule has 1 aliphatic carbocycles. The van der Waals surface area contributed by atoms with E-state index in [1.54, 1.807) is 6.20 Å². The monoisotopic (exact) mass is 386 g/mol. The molecule has 2 aromatic rings. The molecule has 0 bridgehead atoms. The van der Waals surface area contributed by atoms with Crippen LogP contribution in [0.4, 0.5) is 9.93 Å². The fraction of sp³-hybridized carbons (Fsp3) is 0.500. The van der Waals surface area contributed by atoms with Crippen molar-refractivity contribution in [2.45, 2.75) is 45.1 Å². The summed E-state index contributed by atoms with van der Waals surface area (Å²) in [5, 5.41) is 3.29. The van der Waals surface area contributed by atoms with Crippen LogP contribution >= 0.6 is 11.3 Å². The lowest BCUT2D eigenvalue weighted by Crippen LogP contribution is -2.45. The second-order valence-electron chi connectivity index (χ2n) is 7.24. The van der Waals surface area contributed by atoms with Crippen LogP contribution in [-0.4, -0.2) is 44.4 Å². The van der Waals surface area contributed by atoms with Gasteiger partial charge in [-0.2, -0.15) is 0 Å². The molecule has 3 N–H and O–H groups in total. The van der Waals surface area contributed by atoms with Crippen LogP contribution in [0.15, 0.2) is 12.3 Å². The number of nitrogens with one attached hydrogen (secondary N) is 1. The highest BCUT2D eigenvalue weighted by molar-refractivity contribution is 7.19. The molecule has 0 radical (unpaired) electrons. The second-order valence-corrected chi connectivity index (χ2v) is 8.24. The Morgan fingerprint density at radius 1 is 1.37 bits per heavy atom. The van der Waals surface area contributed by atoms with Gasteiger partial charge in [-0.15, -0.1) is 0 Å². The summed E-state index contributed by atoms with van der Waals surface area (Å²) in [6.07, 6.45) is 4.28. The summed E-state index contributed by atoms with van der Waals surface area (Å²) in [7, 11) is 0. The van der Waals surface area contributed by atoms with E-state index in [2.05, 4.69) is 22.2 Å². The fourth-order valence-electron chi connectivity index (χ4n) is 3.52. The average molecular weight is 386 g/mol. The van der Waals surface area contributed by atoms with Crippen LogP contribution in [0.25, 0.3) is 10.6 Å². The first-order valence-electron chi connectivity index (χ1n) is 9.11. The fourth-order valence-corrected chi connectivity index (χ4v) is 4.44. The lowest BCUT2D eigenvalue weighted by molar-refractivity contribution is -0.121. The number of nitrogens with two attached hydrogens (primary N) is 1. The molecule has 0 aromatic carbocycles. The van der Waals surface area contributed by atoms with Crippen LogP contribution in [0.1, 0.15) is 43.6 Å². The van der Waals surface area contributed by atoms with Crippen molar-refractivity contribution in [2.75, 3.05) is 11.9 Å². The average Bonchev–Trinajstić information content (AvgIpc) is 3.04. The van der Waals surface area contributed by atoms with Gasteiger partial charge in [0, 0.05) is 18.7 Å². The summed E-state index contributed by atoms with van der Waals surface area (Å²) in [5.74, 6) is 1.48. The van der Waals surface area contributed by atoms with Gasteiger partial charge in [0.2, 0.25) is 5.91 Å². The third-order valence-electron chi connectivity index (χ3n) is 5.20. The van der Waals surface area contributed by atoms with Gasteiger partial charge in [0.15, 0.2) is 5.13 Å². The van der Waals surface area contributed by atoms with Gasteiger partial charge in [-0.25, -0.2) is 19.7 Å². The Kier molecular flexibility index (Phi) is 4.55. The maximum Gasteiger partial charge on any atom is 0.324 e. The largest absolute Gasteiger partial charge is 0.368 e. The molecule has 8 nitrogen and oxygen atoms in total. The third-order valence-corrected chi connectivity index (χ3v) is 6.30. The zero-order chi connectivity index (χ0) is 19.1. The Morgan fingerprint density at radius 2 is 2.15 bits per heavy atom. The van der Waals surface area contributed by atoms with Gasteiger partial charge < -0.3 is 10.6 Å². The maximum atomic E-state index is 12.5. The summed E-state index contributed by atoms with van der Waals surface area (Å²) in [6, 6.07) is 0.981. The van der Waals surface area contributed by atoms with Crippen LogP contribution in [-0.2, 0) is 4.79 Å². The molecule has 0 spiro atoms. The number of carbonyl (C=O) groups excluding carboxylic acids is 2. The van der Waals surface area contributed by atoms with Crippen LogP contribution < -0.4 is 11.1 Å². The van der Waals surface area contributed by atoms with E-state index in [0.717, 1.165) is 34.9 Å². The number of anilines is 1. The molecule has 3 atom stereocenters. The van der Waals surface area contributed by atoms with Gasteiger partial charge in [0.25, 0.3) is 0 Å². The lowest BCUT2D eigenvalue weighted by Gasteiger charge is -2.21. The summed E-state index contributed by atoms with van der Waals surface area (Å²) in [4.78, 5) is 40.0. The highest BCUT2D eigenvalue weighted by Gasteiger charge is 2.37. The van der Waals surface area contributed by atoms with Crippen molar-refractivity contribution < 1.29 is 9.59 Å². The first kappa shape index (κ1) is 17.8. The number of aryl methyl sites for hydroxylation is 1. The molecular weight excluding hydrogens is 364 g/mol. The van der Waals surface area contributed by atoms with E-state index >= 15 is 0 Å². The number of hydrogen-bond donors (Lipinski definition) is 2. The third kappa shape index (κ3) is 3.51. The summed E-state index contributed by atoms with van der Waals surface area (Å²) in [6.45, 7) is 4.61. The minimum atomic E-state index is -0.546. The topological polar surface area (TPSA) is 114 Å².